The number of carbonyl (C=O) groups excluding carboxylic acids is 1. The van der Waals surface area contributed by atoms with Crippen LogP contribution in [0.5, 0.6) is 0 Å². The standard InChI is InChI=1S/C18H26FN3O/c1-14-13-22(12-9-20-14)17(15-5-7-16(19)8-6-15)18(23)21-10-3-2-4-11-21/h5-8,14,17,20H,2-4,9-13H2,1H3. The van der Waals surface area contributed by atoms with Gasteiger partial charge in [-0.05, 0) is 43.9 Å². The Balaban J connectivity index is 1.85. The van der Waals surface area contributed by atoms with Gasteiger partial charge in [0, 0.05) is 38.8 Å². The van der Waals surface area contributed by atoms with E-state index in [0.717, 1.165) is 51.1 Å². The third kappa shape index (κ3) is 3.90. The molecule has 0 radical (unpaired) electrons. The number of nitrogens with one attached hydrogen (secondary N) is 1. The Kier molecular flexibility index (Phi) is 5.28. The smallest absolute Gasteiger partial charge is 0.244 e. The summed E-state index contributed by atoms with van der Waals surface area (Å²) in [7, 11) is 0. The van der Waals surface area contributed by atoms with E-state index in [2.05, 4.69) is 17.1 Å². The van der Waals surface area contributed by atoms with E-state index in [1.165, 1.54) is 18.6 Å². The average molecular weight is 319 g/mol. The Bertz CT molecular complexity index is 528. The van der Waals surface area contributed by atoms with Gasteiger partial charge in [-0.25, -0.2) is 4.39 Å². The Hall–Kier alpha value is -1.46. The molecule has 0 spiro atoms. The van der Waals surface area contributed by atoms with Crippen molar-refractivity contribution in [3.63, 3.8) is 0 Å². The van der Waals surface area contributed by atoms with Crippen LogP contribution >= 0.6 is 0 Å². The highest BCUT2D eigenvalue weighted by molar-refractivity contribution is 5.83. The Morgan fingerprint density at radius 3 is 2.52 bits per heavy atom. The lowest BCUT2D eigenvalue weighted by Crippen LogP contribution is -2.54. The monoisotopic (exact) mass is 319 g/mol. The van der Waals surface area contributed by atoms with Gasteiger partial charge in [-0.3, -0.25) is 9.69 Å². The number of amides is 1. The van der Waals surface area contributed by atoms with Gasteiger partial charge in [0.1, 0.15) is 11.9 Å². The number of hydrogen-bond donors (Lipinski definition) is 1. The molecule has 126 valence electrons. The fourth-order valence-corrected chi connectivity index (χ4v) is 3.64. The predicted octanol–water partition coefficient (Wildman–Crippen LogP) is 2.17. The normalized spacial score (nSPS) is 24.4. The third-order valence-corrected chi connectivity index (χ3v) is 4.85. The van der Waals surface area contributed by atoms with Crippen LogP contribution in [0.1, 0.15) is 37.8 Å². The molecule has 1 N–H and O–H groups in total. The zero-order chi connectivity index (χ0) is 16.2. The number of rotatable bonds is 3. The molecule has 2 aliphatic rings. The van der Waals surface area contributed by atoms with E-state index in [-0.39, 0.29) is 17.8 Å². The second-order valence-corrected chi connectivity index (χ2v) is 6.69. The molecular weight excluding hydrogens is 293 g/mol. The van der Waals surface area contributed by atoms with Crippen LogP contribution in [0.3, 0.4) is 0 Å². The molecule has 1 amide bonds. The van der Waals surface area contributed by atoms with E-state index in [1.807, 2.05) is 4.90 Å². The minimum atomic E-state index is -0.293. The van der Waals surface area contributed by atoms with Crippen LogP contribution in [-0.4, -0.2) is 54.5 Å². The van der Waals surface area contributed by atoms with Gasteiger partial charge in [0.25, 0.3) is 0 Å². The summed E-state index contributed by atoms with van der Waals surface area (Å²) >= 11 is 0. The number of piperazine rings is 1. The van der Waals surface area contributed by atoms with Crippen LogP contribution in [0, 0.1) is 5.82 Å². The van der Waals surface area contributed by atoms with Crippen molar-refractivity contribution in [2.45, 2.75) is 38.3 Å². The lowest BCUT2D eigenvalue weighted by molar-refractivity contribution is -0.138. The highest BCUT2D eigenvalue weighted by atomic mass is 19.1. The largest absolute Gasteiger partial charge is 0.341 e. The van der Waals surface area contributed by atoms with Crippen molar-refractivity contribution < 1.29 is 9.18 Å². The van der Waals surface area contributed by atoms with Gasteiger partial charge in [-0.1, -0.05) is 12.1 Å². The van der Waals surface area contributed by atoms with E-state index >= 15 is 0 Å². The van der Waals surface area contributed by atoms with Crippen molar-refractivity contribution >= 4 is 5.91 Å². The van der Waals surface area contributed by atoms with Crippen molar-refractivity contribution in [3.8, 4) is 0 Å². The molecule has 2 saturated heterocycles. The molecule has 23 heavy (non-hydrogen) atoms. The number of benzene rings is 1. The molecule has 2 heterocycles. The van der Waals surface area contributed by atoms with Gasteiger partial charge in [0.2, 0.25) is 5.91 Å². The molecule has 0 aliphatic carbocycles. The molecular formula is C18H26FN3O. The summed E-state index contributed by atoms with van der Waals surface area (Å²) in [4.78, 5) is 17.4. The first-order valence-electron chi connectivity index (χ1n) is 8.67. The predicted molar refractivity (Wildman–Crippen MR) is 88.6 cm³/mol. The lowest BCUT2D eigenvalue weighted by atomic mass is 10.0. The molecule has 2 atom stereocenters. The van der Waals surface area contributed by atoms with Gasteiger partial charge in [0.15, 0.2) is 0 Å². The first-order chi connectivity index (χ1) is 11.1. The van der Waals surface area contributed by atoms with Gasteiger partial charge >= 0.3 is 0 Å². The van der Waals surface area contributed by atoms with Crippen LogP contribution in [0.15, 0.2) is 24.3 Å². The number of likely N-dealkylation sites (tertiary alicyclic amines) is 1. The van der Waals surface area contributed by atoms with Gasteiger partial charge in [-0.15, -0.1) is 0 Å². The summed E-state index contributed by atoms with van der Waals surface area (Å²) in [5.41, 5.74) is 0.899. The van der Waals surface area contributed by atoms with Crippen molar-refractivity contribution in [2.75, 3.05) is 32.7 Å². The molecule has 5 heteroatoms. The first-order valence-corrected chi connectivity index (χ1v) is 8.67. The molecule has 2 unspecified atom stereocenters. The highest BCUT2D eigenvalue weighted by Crippen LogP contribution is 2.26. The second-order valence-electron chi connectivity index (χ2n) is 6.69. The second kappa shape index (κ2) is 7.41. The number of piperidine rings is 1. The molecule has 1 aromatic rings. The summed E-state index contributed by atoms with van der Waals surface area (Å²) in [5.74, 6) is -0.0861. The van der Waals surface area contributed by atoms with Gasteiger partial charge in [0.05, 0.1) is 0 Å². The summed E-state index contributed by atoms with van der Waals surface area (Å²) in [6.07, 6.45) is 3.37. The SMILES string of the molecule is CC1CN(C(C(=O)N2CCCCC2)c2ccc(F)cc2)CCN1. The minimum absolute atomic E-state index is 0.172. The minimum Gasteiger partial charge on any atom is -0.341 e. The van der Waals surface area contributed by atoms with E-state index in [4.69, 9.17) is 0 Å². The number of carbonyl (C=O) groups is 1. The van der Waals surface area contributed by atoms with Gasteiger partial charge in [-0.2, -0.15) is 0 Å². The number of halogens is 1. The summed E-state index contributed by atoms with van der Waals surface area (Å²) in [6, 6.07) is 6.50. The fourth-order valence-electron chi connectivity index (χ4n) is 3.64. The molecule has 3 rings (SSSR count). The molecule has 0 aromatic heterocycles. The summed E-state index contributed by atoms with van der Waals surface area (Å²) in [6.45, 7) is 6.38. The van der Waals surface area contributed by atoms with E-state index < -0.39 is 0 Å². The van der Waals surface area contributed by atoms with E-state index in [0.29, 0.717) is 6.04 Å². The molecule has 0 saturated carbocycles. The van der Waals surface area contributed by atoms with E-state index in [9.17, 15) is 9.18 Å². The van der Waals surface area contributed by atoms with Crippen molar-refractivity contribution in [1.29, 1.82) is 0 Å². The Morgan fingerprint density at radius 1 is 1.17 bits per heavy atom. The highest BCUT2D eigenvalue weighted by Gasteiger charge is 2.33. The Labute approximate surface area is 137 Å². The molecule has 2 aliphatic heterocycles. The zero-order valence-electron chi connectivity index (χ0n) is 13.8. The maximum atomic E-state index is 13.3. The van der Waals surface area contributed by atoms with Crippen molar-refractivity contribution in [3.05, 3.63) is 35.6 Å². The van der Waals surface area contributed by atoms with Crippen LogP contribution in [-0.2, 0) is 4.79 Å². The van der Waals surface area contributed by atoms with Crippen LogP contribution in [0.2, 0.25) is 0 Å². The molecule has 2 fully saturated rings. The van der Waals surface area contributed by atoms with E-state index in [1.54, 1.807) is 12.1 Å². The van der Waals surface area contributed by atoms with Gasteiger partial charge < -0.3 is 10.2 Å². The Morgan fingerprint density at radius 2 is 1.87 bits per heavy atom. The zero-order valence-corrected chi connectivity index (χ0v) is 13.8. The summed E-state index contributed by atoms with van der Waals surface area (Å²) in [5, 5.41) is 3.42. The third-order valence-electron chi connectivity index (χ3n) is 4.85. The molecule has 4 nitrogen and oxygen atoms in total. The quantitative estimate of drug-likeness (QED) is 0.927. The molecule has 1 aromatic carbocycles. The first kappa shape index (κ1) is 16.4. The maximum Gasteiger partial charge on any atom is 0.244 e. The van der Waals surface area contributed by atoms with Crippen LogP contribution in [0.4, 0.5) is 4.39 Å². The maximum absolute atomic E-state index is 13.3. The fraction of sp³-hybridized carbons (Fsp3) is 0.611. The lowest BCUT2D eigenvalue weighted by Gasteiger charge is -2.40. The summed E-state index contributed by atoms with van der Waals surface area (Å²) < 4.78 is 13.3. The van der Waals surface area contributed by atoms with Crippen LogP contribution < -0.4 is 5.32 Å². The van der Waals surface area contributed by atoms with Crippen molar-refractivity contribution in [1.82, 2.24) is 15.1 Å². The number of hydrogen-bond acceptors (Lipinski definition) is 3. The topological polar surface area (TPSA) is 35.6 Å². The number of nitrogens with zero attached hydrogens (tertiary/aromatic N) is 2. The molecule has 0 bridgehead atoms. The van der Waals surface area contributed by atoms with Crippen LogP contribution in [0.25, 0.3) is 0 Å². The van der Waals surface area contributed by atoms with Crippen molar-refractivity contribution in [2.24, 2.45) is 0 Å². The average Bonchev–Trinajstić information content (AvgIpc) is 2.58.